The van der Waals surface area contributed by atoms with E-state index in [1.54, 1.807) is 12.1 Å². The molecule has 4 rings (SSSR count). The number of carbonyl (C=O) groups is 2. The number of likely N-dealkylation sites (tertiary alicyclic amines) is 1. The van der Waals surface area contributed by atoms with Crippen LogP contribution >= 0.6 is 0 Å². The zero-order valence-corrected chi connectivity index (χ0v) is 18.1. The number of amides is 2. The van der Waals surface area contributed by atoms with Gasteiger partial charge in [-0.25, -0.2) is 4.39 Å². The molecule has 2 aliphatic heterocycles. The number of quaternary nitrogens is 2. The quantitative estimate of drug-likeness (QED) is 0.566. The molecular formula is C23H32FN5O2+2. The monoisotopic (exact) mass is 429 g/mol. The smallest absolute Gasteiger partial charge is 0.279 e. The van der Waals surface area contributed by atoms with E-state index < -0.39 is 0 Å². The standard InChI is InChI=1S/C23H30FN5O2/c1-26-9-3-7-20(26)21-8-4-10-29(21)17-23(31)28-13-11-27(12-14-28)16-22(30)25-19-6-2-5-18(24)15-19/h2-3,5-7,9,15,21H,4,8,10-14,16-17H2,1H3,(H,25,30)/p+2/t21-/m1/s1. The fourth-order valence-corrected chi connectivity index (χ4v) is 4.87. The van der Waals surface area contributed by atoms with E-state index in [0.29, 0.717) is 37.9 Å². The molecule has 0 saturated carbocycles. The van der Waals surface area contributed by atoms with Crippen LogP contribution < -0.4 is 15.1 Å². The summed E-state index contributed by atoms with van der Waals surface area (Å²) in [4.78, 5) is 29.7. The van der Waals surface area contributed by atoms with Crippen LogP contribution in [0.25, 0.3) is 0 Å². The minimum Gasteiger partial charge on any atom is -0.350 e. The Balaban J connectivity index is 1.23. The molecule has 1 unspecified atom stereocenters. The highest BCUT2D eigenvalue weighted by atomic mass is 19.1. The minimum atomic E-state index is -0.369. The molecule has 166 valence electrons. The van der Waals surface area contributed by atoms with Crippen LogP contribution in [0.2, 0.25) is 0 Å². The number of carbonyl (C=O) groups excluding carboxylic acids is 2. The van der Waals surface area contributed by atoms with Gasteiger partial charge >= 0.3 is 0 Å². The van der Waals surface area contributed by atoms with E-state index in [9.17, 15) is 14.0 Å². The summed E-state index contributed by atoms with van der Waals surface area (Å²) in [5.74, 6) is -0.293. The molecule has 3 heterocycles. The maximum absolute atomic E-state index is 13.3. The molecule has 2 amide bonds. The van der Waals surface area contributed by atoms with E-state index in [0.717, 1.165) is 37.4 Å². The third kappa shape index (κ3) is 5.32. The highest BCUT2D eigenvalue weighted by molar-refractivity contribution is 5.91. The lowest BCUT2D eigenvalue weighted by molar-refractivity contribution is -0.911. The van der Waals surface area contributed by atoms with E-state index in [2.05, 4.69) is 35.3 Å². The molecule has 0 spiro atoms. The average Bonchev–Trinajstić information content (AvgIpc) is 3.36. The Morgan fingerprint density at radius 2 is 1.94 bits per heavy atom. The summed E-state index contributed by atoms with van der Waals surface area (Å²) in [6, 6.07) is 10.5. The fraction of sp³-hybridized carbons (Fsp3) is 0.478. The SMILES string of the molecule is Cn1cccc1[C@H]1CCC[NH+]1CC(=O)N1CC[NH+](CC(=O)Nc2cccc(F)c2)CC1. The summed E-state index contributed by atoms with van der Waals surface area (Å²) in [5, 5.41) is 2.75. The lowest BCUT2D eigenvalue weighted by Gasteiger charge is -2.32. The van der Waals surface area contributed by atoms with E-state index in [-0.39, 0.29) is 17.6 Å². The molecule has 1 aromatic carbocycles. The van der Waals surface area contributed by atoms with Gasteiger partial charge in [-0.1, -0.05) is 6.07 Å². The fourth-order valence-electron chi connectivity index (χ4n) is 4.87. The van der Waals surface area contributed by atoms with Crippen molar-refractivity contribution >= 4 is 17.5 Å². The Hall–Kier alpha value is -2.71. The Bertz CT molecular complexity index is 922. The van der Waals surface area contributed by atoms with Crippen LogP contribution in [0.1, 0.15) is 24.6 Å². The summed E-state index contributed by atoms with van der Waals surface area (Å²) in [6.45, 7) is 4.73. The molecule has 0 bridgehead atoms. The summed E-state index contributed by atoms with van der Waals surface area (Å²) in [5.41, 5.74) is 1.78. The Morgan fingerprint density at radius 3 is 2.65 bits per heavy atom. The molecule has 3 N–H and O–H groups in total. The van der Waals surface area contributed by atoms with Gasteiger partial charge in [0.05, 0.1) is 38.4 Å². The summed E-state index contributed by atoms with van der Waals surface area (Å²) >= 11 is 0. The van der Waals surface area contributed by atoms with Crippen LogP contribution in [0, 0.1) is 5.82 Å². The van der Waals surface area contributed by atoms with Gasteiger partial charge < -0.3 is 24.6 Å². The number of rotatable bonds is 6. The van der Waals surface area contributed by atoms with Gasteiger partial charge in [-0.05, 0) is 30.3 Å². The first kappa shape index (κ1) is 21.5. The van der Waals surface area contributed by atoms with E-state index >= 15 is 0 Å². The molecule has 7 nitrogen and oxygen atoms in total. The lowest BCUT2D eigenvalue weighted by Crippen LogP contribution is -3.16. The summed E-state index contributed by atoms with van der Waals surface area (Å²) in [6.07, 6.45) is 4.34. The number of aromatic nitrogens is 1. The number of hydrogen-bond donors (Lipinski definition) is 3. The predicted octanol–water partition coefficient (Wildman–Crippen LogP) is -0.750. The van der Waals surface area contributed by atoms with Crippen LogP contribution in [-0.2, 0) is 16.6 Å². The van der Waals surface area contributed by atoms with Crippen molar-refractivity contribution < 1.29 is 23.8 Å². The van der Waals surface area contributed by atoms with Crippen molar-refractivity contribution in [2.45, 2.75) is 18.9 Å². The summed E-state index contributed by atoms with van der Waals surface area (Å²) < 4.78 is 15.4. The maximum atomic E-state index is 13.3. The largest absolute Gasteiger partial charge is 0.350 e. The van der Waals surface area contributed by atoms with Crippen LogP contribution in [0.15, 0.2) is 42.6 Å². The van der Waals surface area contributed by atoms with Crippen molar-refractivity contribution in [1.82, 2.24) is 9.47 Å². The van der Waals surface area contributed by atoms with Gasteiger partial charge in [-0.2, -0.15) is 0 Å². The molecule has 2 saturated heterocycles. The molecule has 31 heavy (non-hydrogen) atoms. The van der Waals surface area contributed by atoms with Crippen LogP contribution in [-0.4, -0.2) is 67.1 Å². The van der Waals surface area contributed by atoms with Crippen LogP contribution in [0.4, 0.5) is 10.1 Å². The third-order valence-corrected chi connectivity index (χ3v) is 6.54. The van der Waals surface area contributed by atoms with Gasteiger partial charge in [-0.15, -0.1) is 0 Å². The first-order chi connectivity index (χ1) is 15.0. The summed E-state index contributed by atoms with van der Waals surface area (Å²) in [7, 11) is 2.07. The Morgan fingerprint density at radius 1 is 1.13 bits per heavy atom. The van der Waals surface area contributed by atoms with Gasteiger partial charge in [0.1, 0.15) is 11.9 Å². The molecule has 2 fully saturated rings. The van der Waals surface area contributed by atoms with Crippen molar-refractivity contribution in [2.24, 2.45) is 7.05 Å². The lowest BCUT2D eigenvalue weighted by atomic mass is 10.1. The van der Waals surface area contributed by atoms with E-state index in [1.165, 1.54) is 22.7 Å². The second-order valence-corrected chi connectivity index (χ2v) is 8.69. The molecular weight excluding hydrogens is 397 g/mol. The molecule has 0 aliphatic carbocycles. The number of nitrogens with zero attached hydrogens (tertiary/aromatic N) is 2. The van der Waals surface area contributed by atoms with E-state index in [1.807, 2.05) is 4.90 Å². The average molecular weight is 430 g/mol. The van der Waals surface area contributed by atoms with Gasteiger partial charge in [0.2, 0.25) is 0 Å². The topological polar surface area (TPSA) is 63.2 Å². The number of anilines is 1. The minimum absolute atomic E-state index is 0.132. The number of aryl methyl sites for hydroxylation is 1. The van der Waals surface area contributed by atoms with Crippen LogP contribution in [0.5, 0.6) is 0 Å². The highest BCUT2D eigenvalue weighted by Gasteiger charge is 2.35. The Kier molecular flexibility index (Phi) is 6.67. The normalized spacial score (nSPS) is 21.9. The first-order valence-corrected chi connectivity index (χ1v) is 11.1. The predicted molar refractivity (Wildman–Crippen MR) is 115 cm³/mol. The zero-order chi connectivity index (χ0) is 21.8. The first-order valence-electron chi connectivity index (χ1n) is 11.1. The number of nitrogens with one attached hydrogen (secondary N) is 3. The van der Waals surface area contributed by atoms with Gasteiger partial charge in [0.15, 0.2) is 13.1 Å². The highest BCUT2D eigenvalue weighted by Crippen LogP contribution is 2.19. The molecule has 2 aliphatic rings. The molecule has 2 aromatic rings. The van der Waals surface area contributed by atoms with Crippen molar-refractivity contribution in [1.29, 1.82) is 0 Å². The second-order valence-electron chi connectivity index (χ2n) is 8.69. The van der Waals surface area contributed by atoms with Crippen molar-refractivity contribution in [3.05, 3.63) is 54.1 Å². The second kappa shape index (κ2) is 9.62. The van der Waals surface area contributed by atoms with Crippen LogP contribution in [0.3, 0.4) is 0 Å². The zero-order valence-electron chi connectivity index (χ0n) is 18.1. The number of halogens is 1. The molecule has 0 radical (unpaired) electrons. The van der Waals surface area contributed by atoms with Crippen molar-refractivity contribution in [3.63, 3.8) is 0 Å². The van der Waals surface area contributed by atoms with Gasteiger partial charge in [0.25, 0.3) is 11.8 Å². The van der Waals surface area contributed by atoms with Crippen molar-refractivity contribution in [2.75, 3.05) is 51.1 Å². The van der Waals surface area contributed by atoms with E-state index in [4.69, 9.17) is 0 Å². The molecule has 8 heteroatoms. The third-order valence-electron chi connectivity index (χ3n) is 6.54. The van der Waals surface area contributed by atoms with Crippen molar-refractivity contribution in [3.8, 4) is 0 Å². The number of piperazine rings is 1. The van der Waals surface area contributed by atoms with Gasteiger partial charge in [-0.3, -0.25) is 9.59 Å². The molecule has 1 aromatic heterocycles. The number of hydrogen-bond acceptors (Lipinski definition) is 2. The Labute approximate surface area is 182 Å². The van der Waals surface area contributed by atoms with Gasteiger partial charge in [0, 0.05) is 31.8 Å². The maximum Gasteiger partial charge on any atom is 0.279 e. The number of benzene rings is 1. The molecule has 2 atom stereocenters.